The van der Waals surface area contributed by atoms with E-state index in [1.54, 1.807) is 0 Å². The molecule has 4 nitrogen and oxygen atoms in total. The largest absolute Gasteiger partial charge is 0.265 e. The van der Waals surface area contributed by atoms with Crippen molar-refractivity contribution in [1.82, 2.24) is 20.2 Å². The van der Waals surface area contributed by atoms with E-state index in [0.29, 0.717) is 5.92 Å². The number of aromatic nitrogens is 4. The van der Waals surface area contributed by atoms with Crippen molar-refractivity contribution in [3.63, 3.8) is 0 Å². The van der Waals surface area contributed by atoms with Gasteiger partial charge in [-0.3, -0.25) is 10.1 Å². The summed E-state index contributed by atoms with van der Waals surface area (Å²) in [6, 6.07) is 4.08. The molecule has 3 rings (SSSR count). The molecule has 2 aromatic rings. The van der Waals surface area contributed by atoms with Crippen LogP contribution in [-0.2, 0) is 12.8 Å². The zero-order valence-electron chi connectivity index (χ0n) is 9.06. The summed E-state index contributed by atoms with van der Waals surface area (Å²) >= 11 is 0. The van der Waals surface area contributed by atoms with Gasteiger partial charge in [0.2, 0.25) is 0 Å². The van der Waals surface area contributed by atoms with Crippen molar-refractivity contribution in [3.8, 4) is 0 Å². The molecule has 0 atom stereocenters. The standard InChI is InChI=1S/C12H14N4/c1(9-5-7-13-8-6-9)4-11-14-12(16-15-11)10-2-3-10/h5-8,10H,1-4H2,(H,14,15,16). The summed E-state index contributed by atoms with van der Waals surface area (Å²) in [5.74, 6) is 2.63. The first kappa shape index (κ1) is 9.51. The second-order valence-corrected chi connectivity index (χ2v) is 4.27. The van der Waals surface area contributed by atoms with Gasteiger partial charge in [0.05, 0.1) is 0 Å². The molecule has 0 radical (unpaired) electrons. The van der Waals surface area contributed by atoms with Crippen molar-refractivity contribution in [2.45, 2.75) is 31.6 Å². The minimum atomic E-state index is 0.630. The summed E-state index contributed by atoms with van der Waals surface area (Å²) in [6.45, 7) is 0. The lowest BCUT2D eigenvalue weighted by Crippen LogP contribution is -1.93. The summed E-state index contributed by atoms with van der Waals surface area (Å²) < 4.78 is 0. The van der Waals surface area contributed by atoms with Gasteiger partial charge in [-0.2, -0.15) is 5.10 Å². The Kier molecular flexibility index (Phi) is 2.40. The average molecular weight is 214 g/mol. The first-order valence-electron chi connectivity index (χ1n) is 5.72. The molecule has 0 amide bonds. The third-order valence-corrected chi connectivity index (χ3v) is 2.89. The predicted octanol–water partition coefficient (Wildman–Crippen LogP) is 1.86. The molecule has 0 spiro atoms. The first-order chi connectivity index (χ1) is 7.92. The highest BCUT2D eigenvalue weighted by molar-refractivity contribution is 5.11. The lowest BCUT2D eigenvalue weighted by Gasteiger charge is -1.97. The Balaban J connectivity index is 1.61. The van der Waals surface area contributed by atoms with E-state index in [2.05, 4.69) is 20.2 Å². The molecule has 2 aromatic heterocycles. The molecule has 0 aliphatic heterocycles. The molecule has 1 aliphatic rings. The van der Waals surface area contributed by atoms with E-state index in [1.165, 1.54) is 18.4 Å². The normalized spacial score (nSPS) is 15.2. The number of hydrogen-bond donors (Lipinski definition) is 1. The van der Waals surface area contributed by atoms with E-state index in [1.807, 2.05) is 24.5 Å². The lowest BCUT2D eigenvalue weighted by molar-refractivity contribution is 0.863. The van der Waals surface area contributed by atoms with Gasteiger partial charge < -0.3 is 0 Å². The van der Waals surface area contributed by atoms with Crippen LogP contribution in [0.5, 0.6) is 0 Å². The molecule has 82 valence electrons. The number of nitrogens with one attached hydrogen (secondary N) is 1. The maximum absolute atomic E-state index is 4.51. The first-order valence-corrected chi connectivity index (χ1v) is 5.72. The summed E-state index contributed by atoms with van der Waals surface area (Å²) in [5, 5.41) is 7.26. The van der Waals surface area contributed by atoms with Crippen molar-refractivity contribution in [2.75, 3.05) is 0 Å². The van der Waals surface area contributed by atoms with Crippen LogP contribution in [0.2, 0.25) is 0 Å². The van der Waals surface area contributed by atoms with E-state index >= 15 is 0 Å². The molecular weight excluding hydrogens is 200 g/mol. The van der Waals surface area contributed by atoms with Crippen LogP contribution in [0.1, 0.15) is 36.0 Å². The summed E-state index contributed by atoms with van der Waals surface area (Å²) in [4.78, 5) is 8.51. The molecule has 2 heterocycles. The Morgan fingerprint density at radius 3 is 2.75 bits per heavy atom. The lowest BCUT2D eigenvalue weighted by atomic mass is 10.1. The van der Waals surface area contributed by atoms with Gasteiger partial charge in [-0.25, -0.2) is 4.98 Å². The van der Waals surface area contributed by atoms with Gasteiger partial charge in [0, 0.05) is 24.7 Å². The summed E-state index contributed by atoms with van der Waals surface area (Å²) in [5.41, 5.74) is 1.29. The highest BCUT2D eigenvalue weighted by Crippen LogP contribution is 2.37. The van der Waals surface area contributed by atoms with Gasteiger partial charge in [-0.15, -0.1) is 0 Å². The third-order valence-electron chi connectivity index (χ3n) is 2.89. The molecule has 0 aromatic carbocycles. The fraction of sp³-hybridized carbons (Fsp3) is 0.417. The molecule has 1 fully saturated rings. The zero-order valence-corrected chi connectivity index (χ0v) is 9.06. The van der Waals surface area contributed by atoms with Crippen LogP contribution >= 0.6 is 0 Å². The molecule has 0 saturated heterocycles. The number of rotatable bonds is 4. The van der Waals surface area contributed by atoms with E-state index in [0.717, 1.165) is 24.5 Å². The topological polar surface area (TPSA) is 54.5 Å². The predicted molar refractivity (Wildman–Crippen MR) is 60.0 cm³/mol. The van der Waals surface area contributed by atoms with Crippen molar-refractivity contribution in [2.24, 2.45) is 0 Å². The highest BCUT2D eigenvalue weighted by atomic mass is 15.2. The third kappa shape index (κ3) is 2.10. The minimum absolute atomic E-state index is 0.630. The van der Waals surface area contributed by atoms with Gasteiger partial charge in [-0.05, 0) is 37.0 Å². The Morgan fingerprint density at radius 2 is 2.00 bits per heavy atom. The van der Waals surface area contributed by atoms with E-state index in [9.17, 15) is 0 Å². The van der Waals surface area contributed by atoms with Crippen molar-refractivity contribution >= 4 is 0 Å². The molecule has 16 heavy (non-hydrogen) atoms. The van der Waals surface area contributed by atoms with Crippen LogP contribution in [-0.4, -0.2) is 20.2 Å². The van der Waals surface area contributed by atoms with Gasteiger partial charge in [0.15, 0.2) is 5.82 Å². The molecular formula is C12H14N4. The van der Waals surface area contributed by atoms with Crippen LogP contribution in [0.3, 0.4) is 0 Å². The zero-order chi connectivity index (χ0) is 10.8. The Hall–Kier alpha value is -1.71. The van der Waals surface area contributed by atoms with E-state index in [-0.39, 0.29) is 0 Å². The summed E-state index contributed by atoms with van der Waals surface area (Å²) in [7, 11) is 0. The maximum Gasteiger partial charge on any atom is 0.153 e. The molecule has 1 N–H and O–H groups in total. The average Bonchev–Trinajstić information content (AvgIpc) is 3.08. The quantitative estimate of drug-likeness (QED) is 0.845. The number of aryl methyl sites for hydroxylation is 2. The molecule has 1 saturated carbocycles. The van der Waals surface area contributed by atoms with E-state index in [4.69, 9.17) is 0 Å². The van der Waals surface area contributed by atoms with Crippen LogP contribution in [0.4, 0.5) is 0 Å². The number of pyridine rings is 1. The molecule has 0 unspecified atom stereocenters. The maximum atomic E-state index is 4.51. The van der Waals surface area contributed by atoms with Crippen molar-refractivity contribution < 1.29 is 0 Å². The summed E-state index contributed by atoms with van der Waals surface area (Å²) in [6.07, 6.45) is 8.06. The van der Waals surface area contributed by atoms with Gasteiger partial charge in [0.25, 0.3) is 0 Å². The van der Waals surface area contributed by atoms with Crippen molar-refractivity contribution in [1.29, 1.82) is 0 Å². The SMILES string of the molecule is c1cc(CCc2nc(C3CC3)n[nH]2)ccn1. The second-order valence-electron chi connectivity index (χ2n) is 4.27. The second kappa shape index (κ2) is 4.04. The van der Waals surface area contributed by atoms with Gasteiger partial charge >= 0.3 is 0 Å². The number of nitrogens with zero attached hydrogens (tertiary/aromatic N) is 3. The Bertz CT molecular complexity index is 459. The number of hydrogen-bond acceptors (Lipinski definition) is 3. The Morgan fingerprint density at radius 1 is 1.19 bits per heavy atom. The van der Waals surface area contributed by atoms with Gasteiger partial charge in [-0.1, -0.05) is 0 Å². The fourth-order valence-electron chi connectivity index (χ4n) is 1.76. The molecule has 1 aliphatic carbocycles. The van der Waals surface area contributed by atoms with E-state index < -0.39 is 0 Å². The Labute approximate surface area is 94.1 Å². The van der Waals surface area contributed by atoms with Crippen LogP contribution < -0.4 is 0 Å². The fourth-order valence-corrected chi connectivity index (χ4v) is 1.76. The van der Waals surface area contributed by atoms with Crippen LogP contribution in [0, 0.1) is 0 Å². The molecule has 0 bridgehead atoms. The van der Waals surface area contributed by atoms with Crippen molar-refractivity contribution in [3.05, 3.63) is 41.7 Å². The monoisotopic (exact) mass is 214 g/mol. The number of H-pyrrole nitrogens is 1. The molecule has 4 heteroatoms. The van der Waals surface area contributed by atoms with Crippen LogP contribution in [0.15, 0.2) is 24.5 Å². The van der Waals surface area contributed by atoms with Crippen LogP contribution in [0.25, 0.3) is 0 Å². The smallest absolute Gasteiger partial charge is 0.153 e. The minimum Gasteiger partial charge on any atom is -0.265 e. The van der Waals surface area contributed by atoms with Gasteiger partial charge in [0.1, 0.15) is 5.82 Å². The number of aromatic amines is 1. The highest BCUT2D eigenvalue weighted by Gasteiger charge is 2.27.